The lowest BCUT2D eigenvalue weighted by molar-refractivity contribution is -0.120. The average molecular weight is 336 g/mol. The number of hydrogen-bond donors (Lipinski definition) is 2. The van der Waals surface area contributed by atoms with Crippen LogP contribution in [0.2, 0.25) is 0 Å². The van der Waals surface area contributed by atoms with E-state index in [1.54, 1.807) is 6.20 Å². The van der Waals surface area contributed by atoms with E-state index in [9.17, 15) is 4.79 Å². The van der Waals surface area contributed by atoms with Gasteiger partial charge < -0.3 is 10.2 Å². The standard InChI is InChI=1S/C18H20N6O/c1-12-2-5-17(23-21-12)24-8-6-13(7-9-24)18(25)20-15-4-3-14-11-19-22-16(14)10-15/h2-5,10-11,13H,6-9H2,1H3,(H,19,22)(H,20,25). The largest absolute Gasteiger partial charge is 0.355 e. The second kappa shape index (κ2) is 6.51. The Labute approximate surface area is 145 Å². The highest BCUT2D eigenvalue weighted by molar-refractivity contribution is 5.94. The fourth-order valence-corrected chi connectivity index (χ4v) is 3.19. The van der Waals surface area contributed by atoms with E-state index in [1.807, 2.05) is 37.3 Å². The minimum Gasteiger partial charge on any atom is -0.355 e. The summed E-state index contributed by atoms with van der Waals surface area (Å²) in [5, 5.41) is 19.3. The number of anilines is 2. The molecular weight excluding hydrogens is 316 g/mol. The van der Waals surface area contributed by atoms with E-state index in [0.717, 1.165) is 54.0 Å². The molecule has 1 aromatic carbocycles. The maximum absolute atomic E-state index is 12.5. The summed E-state index contributed by atoms with van der Waals surface area (Å²) < 4.78 is 0. The number of H-pyrrole nitrogens is 1. The molecule has 1 aliphatic rings. The first kappa shape index (κ1) is 15.6. The Morgan fingerprint density at radius 3 is 2.80 bits per heavy atom. The van der Waals surface area contributed by atoms with Gasteiger partial charge in [0.2, 0.25) is 5.91 Å². The summed E-state index contributed by atoms with van der Waals surface area (Å²) in [5.74, 6) is 0.981. The van der Waals surface area contributed by atoms with Crippen LogP contribution in [-0.2, 0) is 4.79 Å². The molecule has 3 heterocycles. The SMILES string of the molecule is Cc1ccc(N2CCC(C(=O)Nc3ccc4cn[nH]c4c3)CC2)nn1. The Bertz CT molecular complexity index is 880. The number of amides is 1. The highest BCUT2D eigenvalue weighted by Gasteiger charge is 2.25. The van der Waals surface area contributed by atoms with Crippen molar-refractivity contribution in [1.82, 2.24) is 20.4 Å². The molecule has 1 fully saturated rings. The lowest BCUT2D eigenvalue weighted by Crippen LogP contribution is -2.38. The predicted octanol–water partition coefficient (Wildman–Crippen LogP) is 2.52. The first-order valence-corrected chi connectivity index (χ1v) is 8.48. The predicted molar refractivity (Wildman–Crippen MR) is 96.4 cm³/mol. The molecule has 0 aliphatic carbocycles. The number of rotatable bonds is 3. The molecule has 1 amide bonds. The van der Waals surface area contributed by atoms with Crippen LogP contribution in [0.4, 0.5) is 11.5 Å². The lowest BCUT2D eigenvalue weighted by Gasteiger charge is -2.31. The molecule has 1 aliphatic heterocycles. The van der Waals surface area contributed by atoms with Gasteiger partial charge in [0.15, 0.2) is 5.82 Å². The molecular formula is C18H20N6O. The van der Waals surface area contributed by atoms with Crippen molar-refractivity contribution in [3.8, 4) is 0 Å². The average Bonchev–Trinajstić information content (AvgIpc) is 3.10. The summed E-state index contributed by atoms with van der Waals surface area (Å²) in [6, 6.07) is 9.73. The van der Waals surface area contributed by atoms with Gasteiger partial charge in [0.25, 0.3) is 0 Å². The van der Waals surface area contributed by atoms with Crippen LogP contribution >= 0.6 is 0 Å². The quantitative estimate of drug-likeness (QED) is 0.767. The van der Waals surface area contributed by atoms with Gasteiger partial charge in [-0.3, -0.25) is 9.89 Å². The number of fused-ring (bicyclic) bond motifs is 1. The number of benzene rings is 1. The molecule has 7 nitrogen and oxygen atoms in total. The summed E-state index contributed by atoms with van der Waals surface area (Å²) in [4.78, 5) is 14.7. The number of aromatic nitrogens is 4. The zero-order valence-corrected chi connectivity index (χ0v) is 14.1. The van der Waals surface area contributed by atoms with Crippen molar-refractivity contribution in [2.75, 3.05) is 23.3 Å². The summed E-state index contributed by atoms with van der Waals surface area (Å²) in [7, 11) is 0. The van der Waals surface area contributed by atoms with Gasteiger partial charge in [0.1, 0.15) is 0 Å². The van der Waals surface area contributed by atoms with E-state index in [-0.39, 0.29) is 11.8 Å². The van der Waals surface area contributed by atoms with E-state index in [1.165, 1.54) is 0 Å². The molecule has 4 rings (SSSR count). The molecule has 0 bridgehead atoms. The molecule has 0 unspecified atom stereocenters. The lowest BCUT2D eigenvalue weighted by atomic mass is 9.95. The number of carbonyl (C=O) groups is 1. The minimum absolute atomic E-state index is 0.0205. The first-order valence-electron chi connectivity index (χ1n) is 8.48. The van der Waals surface area contributed by atoms with Crippen molar-refractivity contribution in [3.05, 3.63) is 42.2 Å². The van der Waals surface area contributed by atoms with Crippen LogP contribution in [-0.4, -0.2) is 39.4 Å². The third-order valence-electron chi connectivity index (χ3n) is 4.68. The minimum atomic E-state index is 0.0205. The summed E-state index contributed by atoms with van der Waals surface area (Å²) in [6.45, 7) is 3.55. The van der Waals surface area contributed by atoms with Gasteiger partial charge in [-0.15, -0.1) is 5.10 Å². The number of aromatic amines is 1. The van der Waals surface area contributed by atoms with Gasteiger partial charge in [-0.1, -0.05) is 0 Å². The van der Waals surface area contributed by atoms with Gasteiger partial charge in [-0.05, 0) is 50.1 Å². The molecule has 1 saturated heterocycles. The Morgan fingerprint density at radius 1 is 1.20 bits per heavy atom. The van der Waals surface area contributed by atoms with Gasteiger partial charge in [0, 0.05) is 30.1 Å². The molecule has 0 saturated carbocycles. The number of nitrogens with one attached hydrogen (secondary N) is 2. The monoisotopic (exact) mass is 336 g/mol. The van der Waals surface area contributed by atoms with Crippen molar-refractivity contribution in [2.45, 2.75) is 19.8 Å². The molecule has 3 aromatic rings. The van der Waals surface area contributed by atoms with Gasteiger partial charge >= 0.3 is 0 Å². The van der Waals surface area contributed by atoms with Crippen molar-refractivity contribution < 1.29 is 4.79 Å². The van der Waals surface area contributed by atoms with Crippen molar-refractivity contribution >= 4 is 28.3 Å². The van der Waals surface area contributed by atoms with E-state index in [2.05, 4.69) is 30.6 Å². The molecule has 7 heteroatoms. The third kappa shape index (κ3) is 3.31. The molecule has 2 aromatic heterocycles. The molecule has 0 spiro atoms. The number of nitrogens with zero attached hydrogens (tertiary/aromatic N) is 4. The van der Waals surface area contributed by atoms with E-state index < -0.39 is 0 Å². The topological polar surface area (TPSA) is 86.8 Å². The van der Waals surface area contributed by atoms with Crippen molar-refractivity contribution in [1.29, 1.82) is 0 Å². The number of carbonyl (C=O) groups excluding carboxylic acids is 1. The van der Waals surface area contributed by atoms with Crippen LogP contribution in [0.3, 0.4) is 0 Å². The maximum Gasteiger partial charge on any atom is 0.227 e. The second-order valence-corrected chi connectivity index (χ2v) is 6.46. The fraction of sp³-hybridized carbons (Fsp3) is 0.333. The van der Waals surface area contributed by atoms with E-state index in [4.69, 9.17) is 0 Å². The van der Waals surface area contributed by atoms with E-state index >= 15 is 0 Å². The number of piperidine rings is 1. The fourth-order valence-electron chi connectivity index (χ4n) is 3.19. The highest BCUT2D eigenvalue weighted by Crippen LogP contribution is 2.23. The summed E-state index contributed by atoms with van der Waals surface area (Å²) in [6.07, 6.45) is 3.39. The third-order valence-corrected chi connectivity index (χ3v) is 4.68. The molecule has 0 radical (unpaired) electrons. The Morgan fingerprint density at radius 2 is 2.04 bits per heavy atom. The number of aryl methyl sites for hydroxylation is 1. The Hall–Kier alpha value is -2.96. The van der Waals surface area contributed by atoms with E-state index in [0.29, 0.717) is 0 Å². The van der Waals surface area contributed by atoms with Crippen LogP contribution < -0.4 is 10.2 Å². The second-order valence-electron chi connectivity index (χ2n) is 6.46. The van der Waals surface area contributed by atoms with Crippen LogP contribution in [0.1, 0.15) is 18.5 Å². The zero-order valence-electron chi connectivity index (χ0n) is 14.1. The zero-order chi connectivity index (χ0) is 17.2. The van der Waals surface area contributed by atoms with Crippen LogP contribution in [0.15, 0.2) is 36.5 Å². The summed E-state index contributed by atoms with van der Waals surface area (Å²) in [5.41, 5.74) is 2.63. The van der Waals surface area contributed by atoms with Crippen LogP contribution in [0, 0.1) is 12.8 Å². The van der Waals surface area contributed by atoms with Crippen LogP contribution in [0.25, 0.3) is 10.9 Å². The highest BCUT2D eigenvalue weighted by atomic mass is 16.1. The van der Waals surface area contributed by atoms with Gasteiger partial charge in [-0.2, -0.15) is 10.2 Å². The van der Waals surface area contributed by atoms with Gasteiger partial charge in [0.05, 0.1) is 17.4 Å². The smallest absolute Gasteiger partial charge is 0.227 e. The molecule has 2 N–H and O–H groups in total. The Kier molecular flexibility index (Phi) is 4.05. The maximum atomic E-state index is 12.5. The van der Waals surface area contributed by atoms with Gasteiger partial charge in [-0.25, -0.2) is 0 Å². The first-order chi connectivity index (χ1) is 12.2. The molecule has 25 heavy (non-hydrogen) atoms. The van der Waals surface area contributed by atoms with Crippen molar-refractivity contribution in [2.24, 2.45) is 5.92 Å². The Balaban J connectivity index is 1.36. The van der Waals surface area contributed by atoms with Crippen LogP contribution in [0.5, 0.6) is 0 Å². The van der Waals surface area contributed by atoms with Crippen molar-refractivity contribution in [3.63, 3.8) is 0 Å². The normalized spacial score (nSPS) is 15.5. The molecule has 0 atom stereocenters. The summed E-state index contributed by atoms with van der Waals surface area (Å²) >= 11 is 0. The molecule has 128 valence electrons. The number of hydrogen-bond acceptors (Lipinski definition) is 5.